The lowest BCUT2D eigenvalue weighted by Crippen LogP contribution is -2.49. The zero-order valence-electron chi connectivity index (χ0n) is 26.0. The molecule has 1 heterocycles. The number of aliphatic hydroxyl groups excluding tert-OH is 1. The molecule has 0 saturated carbocycles. The van der Waals surface area contributed by atoms with Gasteiger partial charge in [0, 0.05) is 31.8 Å². The Morgan fingerprint density at radius 3 is 2.40 bits per heavy atom. The summed E-state index contributed by atoms with van der Waals surface area (Å²) in [7, 11) is -1.03. The number of rotatable bonds is 8. The lowest BCUT2D eigenvalue weighted by atomic mass is 10.0. The van der Waals surface area contributed by atoms with Crippen LogP contribution in [0.25, 0.3) is 0 Å². The second-order valence-electron chi connectivity index (χ2n) is 11.1. The van der Waals surface area contributed by atoms with Crippen LogP contribution >= 0.6 is 0 Å². The van der Waals surface area contributed by atoms with Crippen molar-refractivity contribution in [2.24, 2.45) is 0 Å². The molecule has 0 radical (unpaired) electrons. The molecule has 0 spiro atoms. The van der Waals surface area contributed by atoms with E-state index < -0.39 is 51.8 Å². The number of alkyl halides is 3. The lowest BCUT2D eigenvalue weighted by Gasteiger charge is -2.27. The molecule has 0 aliphatic carbocycles. The summed E-state index contributed by atoms with van der Waals surface area (Å²) in [6.45, 7) is -0.209. The van der Waals surface area contributed by atoms with E-state index in [9.17, 15) is 36.3 Å². The molecule has 47 heavy (non-hydrogen) atoms. The van der Waals surface area contributed by atoms with Crippen LogP contribution in [-0.4, -0.2) is 70.6 Å². The number of carbonyl (C=O) groups excluding carboxylic acids is 2. The number of sulfonamides is 1. The number of nitrogens with zero attached hydrogens (tertiary/aromatic N) is 1. The van der Waals surface area contributed by atoms with Gasteiger partial charge in [-0.15, -0.1) is 0 Å². The van der Waals surface area contributed by atoms with E-state index in [-0.39, 0.29) is 30.0 Å². The number of methoxy groups -OCH3 is 1. The van der Waals surface area contributed by atoms with E-state index in [2.05, 4.69) is 10.6 Å². The highest BCUT2D eigenvalue weighted by Crippen LogP contribution is 2.30. The number of aliphatic hydroxyl groups is 1. The zero-order valence-corrected chi connectivity index (χ0v) is 26.8. The van der Waals surface area contributed by atoms with Gasteiger partial charge in [0.2, 0.25) is 10.0 Å². The van der Waals surface area contributed by atoms with Crippen LogP contribution in [0.2, 0.25) is 0 Å². The monoisotopic (exact) mass is 675 g/mol. The molecular formula is C33H36F3N3O7S. The third kappa shape index (κ3) is 9.80. The molecule has 3 aromatic rings. The second-order valence-corrected chi connectivity index (χ2v) is 13.1. The molecule has 4 rings (SSSR count). The van der Waals surface area contributed by atoms with Crippen LogP contribution in [0.4, 0.5) is 24.5 Å². The van der Waals surface area contributed by atoms with Crippen LogP contribution in [0.1, 0.15) is 33.5 Å². The van der Waals surface area contributed by atoms with Gasteiger partial charge in [0.1, 0.15) is 18.5 Å². The summed E-state index contributed by atoms with van der Waals surface area (Å²) in [5, 5.41) is 16.5. The number of nitrogens with one attached hydrogen (secondary N) is 2. The van der Waals surface area contributed by atoms with E-state index in [0.717, 1.165) is 40.4 Å². The van der Waals surface area contributed by atoms with Gasteiger partial charge in [0.25, 0.3) is 11.8 Å². The minimum atomic E-state index is -4.54. The van der Waals surface area contributed by atoms with Gasteiger partial charge >= 0.3 is 6.18 Å². The highest BCUT2D eigenvalue weighted by molar-refractivity contribution is 7.92. The van der Waals surface area contributed by atoms with E-state index in [1.54, 1.807) is 18.2 Å². The normalized spacial score (nSPS) is 17.6. The Bertz CT molecular complexity index is 1710. The second kappa shape index (κ2) is 15.0. The van der Waals surface area contributed by atoms with Gasteiger partial charge in [-0.05, 0) is 78.6 Å². The smallest absolute Gasteiger partial charge is 0.416 e. The summed E-state index contributed by atoms with van der Waals surface area (Å²) in [6, 6.07) is 14.8. The van der Waals surface area contributed by atoms with E-state index in [4.69, 9.17) is 9.47 Å². The maximum absolute atomic E-state index is 13.6. The summed E-state index contributed by atoms with van der Waals surface area (Å²) in [6.07, 6.45) is -1.59. The van der Waals surface area contributed by atoms with Crippen molar-refractivity contribution in [3.05, 3.63) is 101 Å². The number of ether oxygens (including phenoxy) is 2. The van der Waals surface area contributed by atoms with Gasteiger partial charge in [-0.3, -0.25) is 13.9 Å². The number of halogens is 3. The first kappa shape index (κ1) is 35.5. The number of allylic oxidation sites excluding steroid dienone is 2. The maximum atomic E-state index is 13.6. The minimum Gasteiger partial charge on any atom is -0.491 e. The van der Waals surface area contributed by atoms with E-state index in [1.807, 2.05) is 30.4 Å². The molecule has 3 aromatic carbocycles. The van der Waals surface area contributed by atoms with Crippen molar-refractivity contribution in [3.8, 4) is 5.75 Å². The number of anilines is 2. The first-order valence-electron chi connectivity index (χ1n) is 14.6. The number of fused-ring (bicyclic) bond motifs is 4. The SMILES string of the molecule is COC(CC(O)[C@@H]1COc2cccc(c2)C/C=C/Cc2cc(cc(N(C)S(C)(=O)=O)c2)C(=O)N1)C(=O)Nc1ccc(C(F)(F)F)cc1. The Morgan fingerprint density at radius 2 is 1.77 bits per heavy atom. The van der Waals surface area contributed by atoms with Gasteiger partial charge < -0.3 is 25.2 Å². The number of hydrogen-bond acceptors (Lipinski definition) is 7. The largest absolute Gasteiger partial charge is 0.491 e. The fraction of sp³-hybridized carbons (Fsp3) is 0.333. The molecule has 252 valence electrons. The molecule has 0 saturated heterocycles. The Balaban J connectivity index is 1.60. The molecular weight excluding hydrogens is 639 g/mol. The predicted octanol–water partition coefficient (Wildman–Crippen LogP) is 4.34. The summed E-state index contributed by atoms with van der Waals surface area (Å²) in [5.41, 5.74) is 1.24. The first-order valence-corrected chi connectivity index (χ1v) is 16.4. The van der Waals surface area contributed by atoms with Crippen LogP contribution < -0.4 is 19.7 Å². The topological polar surface area (TPSA) is 134 Å². The van der Waals surface area contributed by atoms with Gasteiger partial charge in [0.05, 0.1) is 29.7 Å². The third-order valence-corrected chi connectivity index (χ3v) is 8.80. The van der Waals surface area contributed by atoms with Gasteiger partial charge in [-0.1, -0.05) is 24.3 Å². The average Bonchev–Trinajstić information content (AvgIpc) is 3.02. The van der Waals surface area contributed by atoms with E-state index >= 15 is 0 Å². The molecule has 1 aliphatic heterocycles. The molecule has 14 heteroatoms. The molecule has 0 aromatic heterocycles. The van der Waals surface area contributed by atoms with Crippen molar-refractivity contribution in [1.29, 1.82) is 0 Å². The van der Waals surface area contributed by atoms with Crippen LogP contribution in [0.3, 0.4) is 0 Å². The highest BCUT2D eigenvalue weighted by Gasteiger charge is 2.31. The van der Waals surface area contributed by atoms with Crippen molar-refractivity contribution in [2.45, 2.75) is 43.7 Å². The Hall–Kier alpha value is -4.40. The van der Waals surface area contributed by atoms with Gasteiger partial charge in [-0.25, -0.2) is 8.42 Å². The van der Waals surface area contributed by atoms with Gasteiger partial charge in [-0.2, -0.15) is 13.2 Å². The van der Waals surface area contributed by atoms with E-state index in [0.29, 0.717) is 24.2 Å². The van der Waals surface area contributed by atoms with Crippen LogP contribution in [-0.2, 0) is 38.6 Å². The molecule has 1 aliphatic rings. The molecule has 0 fully saturated rings. The number of amides is 2. The first-order chi connectivity index (χ1) is 22.1. The maximum Gasteiger partial charge on any atom is 0.416 e. The van der Waals surface area contributed by atoms with Crippen LogP contribution in [0.5, 0.6) is 5.75 Å². The zero-order chi connectivity index (χ0) is 34.4. The number of carbonyl (C=O) groups is 2. The summed E-state index contributed by atoms with van der Waals surface area (Å²) in [5.74, 6) is -0.867. The number of benzene rings is 3. The van der Waals surface area contributed by atoms with Crippen molar-refractivity contribution >= 4 is 33.2 Å². The van der Waals surface area contributed by atoms with Gasteiger partial charge in [0.15, 0.2) is 0 Å². The third-order valence-electron chi connectivity index (χ3n) is 7.60. The van der Waals surface area contributed by atoms with Crippen molar-refractivity contribution < 1.29 is 45.8 Å². The van der Waals surface area contributed by atoms with Crippen LogP contribution in [0.15, 0.2) is 78.9 Å². The lowest BCUT2D eigenvalue weighted by molar-refractivity contribution is -0.137. The number of hydrogen-bond donors (Lipinski definition) is 3. The molecule has 3 atom stereocenters. The summed E-state index contributed by atoms with van der Waals surface area (Å²) >= 11 is 0. The predicted molar refractivity (Wildman–Crippen MR) is 171 cm³/mol. The average molecular weight is 676 g/mol. The summed E-state index contributed by atoms with van der Waals surface area (Å²) in [4.78, 5) is 26.6. The Labute approximate surface area is 271 Å². The highest BCUT2D eigenvalue weighted by atomic mass is 32.2. The van der Waals surface area contributed by atoms with Crippen molar-refractivity contribution in [1.82, 2.24) is 5.32 Å². The molecule has 2 amide bonds. The fourth-order valence-electron chi connectivity index (χ4n) is 4.84. The minimum absolute atomic E-state index is 0.0919. The molecule has 10 nitrogen and oxygen atoms in total. The molecule has 2 unspecified atom stereocenters. The van der Waals surface area contributed by atoms with E-state index in [1.165, 1.54) is 20.2 Å². The van der Waals surface area contributed by atoms with Crippen molar-refractivity contribution in [3.63, 3.8) is 0 Å². The Kier molecular flexibility index (Phi) is 11.3. The van der Waals surface area contributed by atoms with Crippen molar-refractivity contribution in [2.75, 3.05) is 36.6 Å². The Morgan fingerprint density at radius 1 is 1.09 bits per heavy atom. The quantitative estimate of drug-likeness (QED) is 0.303. The molecule has 3 N–H and O–H groups in total. The van der Waals surface area contributed by atoms with Crippen LogP contribution in [0, 0.1) is 0 Å². The fourth-order valence-corrected chi connectivity index (χ4v) is 5.33. The molecule has 4 bridgehead atoms. The standard InChI is InChI=1S/C33H36F3N3O7S/c1-39(47(3,43)44)26-16-22-8-5-4-7-21-9-6-10-27(17-21)46-20-28(38-31(41)23(15-22)18-26)29(40)19-30(45-2)32(42)37-25-13-11-24(12-14-25)33(34,35)36/h4-6,9-18,28-30,40H,7-8,19-20H2,1-3H3,(H,37,42)(H,38,41)/b5-4+/t28-,29?,30?/m0/s1. The summed E-state index contributed by atoms with van der Waals surface area (Å²) < 4.78 is 75.7.